The predicted octanol–water partition coefficient (Wildman–Crippen LogP) is 0.0630. The van der Waals surface area contributed by atoms with Crippen LogP contribution >= 0.6 is 0 Å². The van der Waals surface area contributed by atoms with Gasteiger partial charge in [0.25, 0.3) is 5.56 Å². The summed E-state index contributed by atoms with van der Waals surface area (Å²) in [5.41, 5.74) is -1.95. The van der Waals surface area contributed by atoms with Gasteiger partial charge < -0.3 is 23.7 Å². The van der Waals surface area contributed by atoms with Crippen molar-refractivity contribution >= 4 is 5.97 Å². The number of aromatic amines is 1. The number of esters is 1. The van der Waals surface area contributed by atoms with Crippen LogP contribution in [0, 0.1) is 5.82 Å². The molecule has 3 rings (SSSR count). The minimum atomic E-state index is -1.13. The monoisotopic (exact) mass is 402 g/mol. The second-order valence-corrected chi connectivity index (χ2v) is 6.77. The largest absolute Gasteiger partial charge is 0.466 e. The Hall–Kier alpha value is -2.08. The van der Waals surface area contributed by atoms with Crippen molar-refractivity contribution < 1.29 is 32.9 Å². The Morgan fingerprint density at radius 1 is 1.36 bits per heavy atom. The molecule has 0 aromatic carbocycles. The molecule has 0 saturated carbocycles. The molecule has 1 N–H and O–H groups in total. The fraction of sp³-hybridized carbons (Fsp3) is 0.706. The van der Waals surface area contributed by atoms with E-state index in [-0.39, 0.29) is 32.0 Å². The highest BCUT2D eigenvalue weighted by atomic mass is 19.1. The second kappa shape index (κ2) is 8.11. The van der Waals surface area contributed by atoms with Crippen LogP contribution in [0.1, 0.15) is 32.9 Å². The standard InChI is InChI=1S/C17H23FN2O8/c1-4-25-11(21)5-6-17(2)27-12-10(8-24-3)26-15(13(12)28-17)20-7-9(18)14(22)19-16(20)23/h7,10,12-13,15H,4-6,8H2,1-3H3,(H,19,22,23)/t10-,12?,13+,15-,17-/m1/s1. The summed E-state index contributed by atoms with van der Waals surface area (Å²) < 4.78 is 42.5. The lowest BCUT2D eigenvalue weighted by Crippen LogP contribution is -2.38. The van der Waals surface area contributed by atoms with E-state index >= 15 is 0 Å². The highest BCUT2D eigenvalue weighted by molar-refractivity contribution is 5.69. The number of carbonyl (C=O) groups excluding carboxylic acids is 1. The molecule has 28 heavy (non-hydrogen) atoms. The summed E-state index contributed by atoms with van der Waals surface area (Å²) in [6, 6.07) is 0. The van der Waals surface area contributed by atoms with Crippen LogP contribution < -0.4 is 11.2 Å². The van der Waals surface area contributed by atoms with Gasteiger partial charge in [0.2, 0.25) is 5.82 Å². The van der Waals surface area contributed by atoms with Gasteiger partial charge in [0, 0.05) is 13.5 Å². The summed E-state index contributed by atoms with van der Waals surface area (Å²) in [6.45, 7) is 3.80. The minimum absolute atomic E-state index is 0.0808. The molecule has 0 amide bonds. The molecule has 1 aromatic rings. The molecule has 10 nitrogen and oxygen atoms in total. The van der Waals surface area contributed by atoms with Crippen molar-refractivity contribution in [2.24, 2.45) is 0 Å². The molecule has 156 valence electrons. The highest BCUT2D eigenvalue weighted by Crippen LogP contribution is 2.44. The first-order valence-corrected chi connectivity index (χ1v) is 8.94. The van der Waals surface area contributed by atoms with E-state index in [1.165, 1.54) is 7.11 Å². The lowest BCUT2D eigenvalue weighted by atomic mass is 10.1. The maximum atomic E-state index is 13.7. The Balaban J connectivity index is 1.83. The molecule has 1 aromatic heterocycles. The lowest BCUT2D eigenvalue weighted by Gasteiger charge is -2.27. The van der Waals surface area contributed by atoms with Gasteiger partial charge in [0.1, 0.15) is 18.3 Å². The van der Waals surface area contributed by atoms with E-state index in [0.717, 1.165) is 10.8 Å². The van der Waals surface area contributed by atoms with Gasteiger partial charge in [-0.15, -0.1) is 0 Å². The van der Waals surface area contributed by atoms with Crippen molar-refractivity contribution in [3.05, 3.63) is 32.9 Å². The molecular formula is C17H23FN2O8. The molecular weight excluding hydrogens is 379 g/mol. The normalized spacial score (nSPS) is 31.7. The Bertz CT molecular complexity index is 839. The van der Waals surface area contributed by atoms with Gasteiger partial charge in [0.05, 0.1) is 25.8 Å². The van der Waals surface area contributed by atoms with Gasteiger partial charge in [-0.1, -0.05) is 0 Å². The quantitative estimate of drug-likeness (QED) is 0.637. The first kappa shape index (κ1) is 20.6. The van der Waals surface area contributed by atoms with Crippen molar-refractivity contribution in [2.75, 3.05) is 20.3 Å². The van der Waals surface area contributed by atoms with E-state index in [9.17, 15) is 18.8 Å². The zero-order valence-electron chi connectivity index (χ0n) is 15.8. The van der Waals surface area contributed by atoms with E-state index in [0.29, 0.717) is 0 Å². The zero-order valence-corrected chi connectivity index (χ0v) is 15.8. The van der Waals surface area contributed by atoms with Crippen molar-refractivity contribution in [3.63, 3.8) is 0 Å². The maximum Gasteiger partial charge on any atom is 0.330 e. The van der Waals surface area contributed by atoms with Gasteiger partial charge in [0.15, 0.2) is 12.0 Å². The van der Waals surface area contributed by atoms with Gasteiger partial charge in [-0.3, -0.25) is 19.1 Å². The third-order valence-corrected chi connectivity index (χ3v) is 4.67. The van der Waals surface area contributed by atoms with Gasteiger partial charge >= 0.3 is 11.7 Å². The van der Waals surface area contributed by atoms with E-state index in [4.69, 9.17) is 23.7 Å². The fourth-order valence-corrected chi connectivity index (χ4v) is 3.43. The number of rotatable bonds is 7. The minimum Gasteiger partial charge on any atom is -0.466 e. The first-order valence-electron chi connectivity index (χ1n) is 8.94. The predicted molar refractivity (Wildman–Crippen MR) is 91.1 cm³/mol. The van der Waals surface area contributed by atoms with Crippen LogP contribution in [0.3, 0.4) is 0 Å². The van der Waals surface area contributed by atoms with Crippen LogP contribution in [0.4, 0.5) is 4.39 Å². The SMILES string of the molecule is CCOC(=O)CC[C@]1(C)OC2[C@@H](COC)O[C@@H](n3cc(F)c(=O)[nH]c3=O)[C@H]2O1. The van der Waals surface area contributed by atoms with E-state index in [1.807, 2.05) is 4.98 Å². The molecule has 0 radical (unpaired) electrons. The number of aromatic nitrogens is 2. The number of H-pyrrole nitrogens is 1. The zero-order chi connectivity index (χ0) is 20.5. The number of nitrogens with zero attached hydrogens (tertiary/aromatic N) is 1. The van der Waals surface area contributed by atoms with Crippen LogP contribution in [0.5, 0.6) is 0 Å². The summed E-state index contributed by atoms with van der Waals surface area (Å²) in [4.78, 5) is 37.0. The maximum absolute atomic E-state index is 13.7. The van der Waals surface area contributed by atoms with Crippen molar-refractivity contribution in [1.29, 1.82) is 0 Å². The van der Waals surface area contributed by atoms with Gasteiger partial charge in [-0.05, 0) is 13.8 Å². The van der Waals surface area contributed by atoms with Crippen LogP contribution in [0.15, 0.2) is 15.8 Å². The summed E-state index contributed by atoms with van der Waals surface area (Å²) in [7, 11) is 1.48. The molecule has 2 aliphatic heterocycles. The number of halogens is 1. The molecule has 3 heterocycles. The molecule has 0 bridgehead atoms. The van der Waals surface area contributed by atoms with Gasteiger partial charge in [-0.25, -0.2) is 4.79 Å². The van der Waals surface area contributed by atoms with Crippen LogP contribution in [0.25, 0.3) is 0 Å². The molecule has 2 fully saturated rings. The Morgan fingerprint density at radius 3 is 2.75 bits per heavy atom. The summed E-state index contributed by atoms with van der Waals surface area (Å²) in [5, 5.41) is 0. The van der Waals surface area contributed by atoms with E-state index in [2.05, 4.69) is 0 Å². The van der Waals surface area contributed by atoms with Gasteiger partial charge in [-0.2, -0.15) is 4.39 Å². The van der Waals surface area contributed by atoms with E-state index < -0.39 is 47.4 Å². The number of hydrogen-bond acceptors (Lipinski definition) is 8. The topological polar surface area (TPSA) is 118 Å². The number of hydrogen-bond donors (Lipinski definition) is 1. The molecule has 11 heteroatoms. The Labute approximate surface area is 159 Å². The molecule has 1 unspecified atom stereocenters. The summed E-state index contributed by atoms with van der Waals surface area (Å²) in [5.74, 6) is -2.63. The molecule has 2 aliphatic rings. The molecule has 2 saturated heterocycles. The van der Waals surface area contributed by atoms with Crippen LogP contribution in [-0.2, 0) is 28.5 Å². The molecule has 5 atom stereocenters. The average molecular weight is 402 g/mol. The summed E-state index contributed by atoms with van der Waals surface area (Å²) >= 11 is 0. The van der Waals surface area contributed by atoms with E-state index in [1.54, 1.807) is 13.8 Å². The smallest absolute Gasteiger partial charge is 0.330 e. The third kappa shape index (κ3) is 4.02. The van der Waals surface area contributed by atoms with Crippen molar-refractivity contribution in [1.82, 2.24) is 9.55 Å². The molecule has 0 aliphatic carbocycles. The highest BCUT2D eigenvalue weighted by Gasteiger charge is 2.57. The number of nitrogens with one attached hydrogen (secondary N) is 1. The number of ether oxygens (including phenoxy) is 5. The second-order valence-electron chi connectivity index (χ2n) is 6.77. The Morgan fingerprint density at radius 2 is 2.07 bits per heavy atom. The molecule has 0 spiro atoms. The van der Waals surface area contributed by atoms with Crippen LogP contribution in [0.2, 0.25) is 0 Å². The number of methoxy groups -OCH3 is 1. The van der Waals surface area contributed by atoms with Crippen LogP contribution in [-0.4, -0.2) is 59.9 Å². The Kier molecular flexibility index (Phi) is 5.98. The summed E-state index contributed by atoms with van der Waals surface area (Å²) in [6.07, 6.45) is -1.93. The lowest BCUT2D eigenvalue weighted by molar-refractivity contribution is -0.216. The van der Waals surface area contributed by atoms with Crippen molar-refractivity contribution in [2.45, 2.75) is 57.0 Å². The average Bonchev–Trinajstić information content (AvgIpc) is 3.13. The third-order valence-electron chi connectivity index (χ3n) is 4.67. The van der Waals surface area contributed by atoms with Crippen molar-refractivity contribution in [3.8, 4) is 0 Å². The fourth-order valence-electron chi connectivity index (χ4n) is 3.43. The number of fused-ring (bicyclic) bond motifs is 1. The number of carbonyl (C=O) groups is 1. The first-order chi connectivity index (χ1) is 13.3.